The lowest BCUT2D eigenvalue weighted by molar-refractivity contribution is -0.114. The van der Waals surface area contributed by atoms with E-state index in [4.69, 9.17) is 27.9 Å². The van der Waals surface area contributed by atoms with Crippen molar-refractivity contribution in [2.75, 3.05) is 5.01 Å². The van der Waals surface area contributed by atoms with Crippen LogP contribution >= 0.6 is 23.2 Å². The van der Waals surface area contributed by atoms with Gasteiger partial charge in [-0.1, -0.05) is 65.7 Å². The molecule has 0 aromatic heterocycles. The lowest BCUT2D eigenvalue weighted by Crippen LogP contribution is -2.25. The Bertz CT molecular complexity index is 1260. The van der Waals surface area contributed by atoms with Gasteiger partial charge in [0.05, 0.1) is 11.3 Å². The smallest absolute Gasteiger partial charge is 0.435 e. The molecular weight excluding hydrogens is 476 g/mol. The summed E-state index contributed by atoms with van der Waals surface area (Å²) in [4.78, 5) is 12.9. The van der Waals surface area contributed by atoms with Gasteiger partial charge in [0.2, 0.25) is 0 Å². The van der Waals surface area contributed by atoms with E-state index in [0.29, 0.717) is 15.6 Å². The molecule has 0 fully saturated rings. The third-order valence-corrected chi connectivity index (χ3v) is 5.35. The lowest BCUT2D eigenvalue weighted by atomic mass is 10.1. The second kappa shape index (κ2) is 9.29. The number of amides is 1. The van der Waals surface area contributed by atoms with Gasteiger partial charge >= 0.3 is 6.18 Å². The summed E-state index contributed by atoms with van der Waals surface area (Å²) in [5, 5.41) is 5.17. The predicted octanol–water partition coefficient (Wildman–Crippen LogP) is 6.92. The van der Waals surface area contributed by atoms with Crippen molar-refractivity contribution in [3.8, 4) is 5.75 Å². The number of halogens is 5. The minimum absolute atomic E-state index is 0.0560. The molecule has 0 unspecified atom stereocenters. The molecule has 1 aliphatic rings. The molecule has 4 rings (SSSR count). The van der Waals surface area contributed by atoms with E-state index in [0.717, 1.165) is 11.1 Å². The van der Waals surface area contributed by atoms with Crippen molar-refractivity contribution < 1.29 is 22.7 Å². The molecule has 3 aromatic carbocycles. The Balaban J connectivity index is 1.68. The fraction of sp³-hybridized carbons (Fsp3) is 0.0833. The van der Waals surface area contributed by atoms with Gasteiger partial charge in [-0.05, 0) is 36.4 Å². The van der Waals surface area contributed by atoms with Crippen LogP contribution in [0.1, 0.15) is 11.1 Å². The van der Waals surface area contributed by atoms with Gasteiger partial charge in [-0.2, -0.15) is 23.3 Å². The Morgan fingerprint density at radius 3 is 2.36 bits per heavy atom. The summed E-state index contributed by atoms with van der Waals surface area (Å²) < 4.78 is 47.0. The Labute approximate surface area is 197 Å². The Hall–Kier alpha value is -3.29. The molecule has 9 heteroatoms. The standard InChI is InChI=1S/C24H15Cl2F3N2O2/c25-17-11-10-16(20(26)13-17)14-33-21-9-5-4-6-15(21)12-19-22(24(27,28)29)30-31(23(19)32)18-7-2-1-3-8-18/h1-13H,14H2/b19-12-. The molecule has 0 saturated carbocycles. The van der Waals surface area contributed by atoms with Crippen molar-refractivity contribution in [3.05, 3.63) is 99.5 Å². The fourth-order valence-electron chi connectivity index (χ4n) is 3.18. The molecule has 33 heavy (non-hydrogen) atoms. The topological polar surface area (TPSA) is 41.9 Å². The van der Waals surface area contributed by atoms with Crippen LogP contribution in [0.4, 0.5) is 18.9 Å². The molecule has 4 nitrogen and oxygen atoms in total. The maximum Gasteiger partial charge on any atom is 0.435 e. The van der Waals surface area contributed by atoms with Gasteiger partial charge in [-0.3, -0.25) is 4.79 Å². The molecule has 168 valence electrons. The Kier molecular flexibility index (Phi) is 6.44. The molecule has 1 amide bonds. The first kappa shape index (κ1) is 22.9. The van der Waals surface area contributed by atoms with E-state index in [9.17, 15) is 18.0 Å². The third kappa shape index (κ3) is 5.05. The number of benzene rings is 3. The summed E-state index contributed by atoms with van der Waals surface area (Å²) in [6.07, 6.45) is -3.69. The van der Waals surface area contributed by atoms with E-state index >= 15 is 0 Å². The van der Waals surface area contributed by atoms with Crippen molar-refractivity contribution >= 4 is 46.6 Å². The summed E-state index contributed by atoms with van der Waals surface area (Å²) in [5.41, 5.74) is -0.681. The summed E-state index contributed by atoms with van der Waals surface area (Å²) in [6.45, 7) is 0.0560. The number of carbonyl (C=O) groups excluding carboxylic acids is 1. The number of ether oxygens (including phenoxy) is 1. The van der Waals surface area contributed by atoms with Crippen LogP contribution in [-0.4, -0.2) is 17.8 Å². The zero-order valence-corrected chi connectivity index (χ0v) is 18.3. The van der Waals surface area contributed by atoms with Crippen molar-refractivity contribution in [1.82, 2.24) is 0 Å². The summed E-state index contributed by atoms with van der Waals surface area (Å²) in [7, 11) is 0. The van der Waals surface area contributed by atoms with Gasteiger partial charge in [0.15, 0.2) is 5.71 Å². The van der Waals surface area contributed by atoms with Crippen molar-refractivity contribution in [2.45, 2.75) is 12.8 Å². The monoisotopic (exact) mass is 490 g/mol. The average molecular weight is 491 g/mol. The SMILES string of the molecule is O=C1/C(=C\c2ccccc2OCc2ccc(Cl)cc2Cl)C(C(F)(F)F)=NN1c1ccccc1. The Morgan fingerprint density at radius 1 is 0.970 bits per heavy atom. The van der Waals surface area contributed by atoms with Crippen molar-refractivity contribution in [3.63, 3.8) is 0 Å². The number of hydrazone groups is 1. The predicted molar refractivity (Wildman–Crippen MR) is 123 cm³/mol. The molecule has 0 N–H and O–H groups in total. The molecule has 1 heterocycles. The van der Waals surface area contributed by atoms with Crippen LogP contribution in [0, 0.1) is 0 Å². The van der Waals surface area contributed by atoms with Crippen LogP contribution in [0.3, 0.4) is 0 Å². The first-order valence-electron chi connectivity index (χ1n) is 9.67. The summed E-state index contributed by atoms with van der Waals surface area (Å²) >= 11 is 12.1. The van der Waals surface area contributed by atoms with Crippen LogP contribution in [-0.2, 0) is 11.4 Å². The quantitative estimate of drug-likeness (QED) is 0.364. The highest BCUT2D eigenvalue weighted by molar-refractivity contribution is 6.35. The number of hydrogen-bond acceptors (Lipinski definition) is 3. The second-order valence-corrected chi connectivity index (χ2v) is 7.86. The van der Waals surface area contributed by atoms with Gasteiger partial charge in [0, 0.05) is 21.2 Å². The van der Waals surface area contributed by atoms with Crippen molar-refractivity contribution in [2.24, 2.45) is 5.10 Å². The van der Waals surface area contributed by atoms with Crippen LogP contribution in [0.2, 0.25) is 10.0 Å². The van der Waals surface area contributed by atoms with E-state index in [1.54, 1.807) is 60.7 Å². The number of anilines is 1. The zero-order valence-electron chi connectivity index (χ0n) is 16.8. The minimum atomic E-state index is -4.82. The maximum atomic E-state index is 13.7. The highest BCUT2D eigenvalue weighted by Crippen LogP contribution is 2.34. The highest BCUT2D eigenvalue weighted by atomic mass is 35.5. The van der Waals surface area contributed by atoms with Gasteiger partial charge < -0.3 is 4.74 Å². The van der Waals surface area contributed by atoms with Crippen LogP contribution in [0.25, 0.3) is 6.08 Å². The Morgan fingerprint density at radius 2 is 1.67 bits per heavy atom. The van der Waals surface area contributed by atoms with Crippen LogP contribution in [0.15, 0.2) is 83.5 Å². The number of rotatable bonds is 5. The molecule has 0 spiro atoms. The molecular formula is C24H15Cl2F3N2O2. The normalized spacial score (nSPS) is 15.2. The zero-order chi connectivity index (χ0) is 23.6. The molecule has 3 aromatic rings. The molecule has 0 atom stereocenters. The van der Waals surface area contributed by atoms with Crippen molar-refractivity contribution in [1.29, 1.82) is 0 Å². The number of carbonyl (C=O) groups is 1. The van der Waals surface area contributed by atoms with Gasteiger partial charge in [-0.25, -0.2) is 0 Å². The number of hydrogen-bond donors (Lipinski definition) is 0. The lowest BCUT2D eigenvalue weighted by Gasteiger charge is -2.12. The average Bonchev–Trinajstić information content (AvgIpc) is 3.11. The van der Waals surface area contributed by atoms with Gasteiger partial charge in [-0.15, -0.1) is 0 Å². The maximum absolute atomic E-state index is 13.7. The molecule has 0 aliphatic carbocycles. The van der Waals surface area contributed by atoms with E-state index < -0.39 is 23.4 Å². The van der Waals surface area contributed by atoms with Crippen LogP contribution < -0.4 is 9.75 Å². The minimum Gasteiger partial charge on any atom is -0.488 e. The van der Waals surface area contributed by atoms with E-state index in [1.807, 2.05) is 0 Å². The summed E-state index contributed by atoms with van der Waals surface area (Å²) in [5.74, 6) is -0.604. The molecule has 1 aliphatic heterocycles. The van der Waals surface area contributed by atoms with Gasteiger partial charge in [0.1, 0.15) is 12.4 Å². The number of nitrogens with zero attached hydrogens (tertiary/aromatic N) is 2. The molecule has 0 radical (unpaired) electrons. The first-order chi connectivity index (χ1) is 15.7. The largest absolute Gasteiger partial charge is 0.488 e. The van der Waals surface area contributed by atoms with Crippen LogP contribution in [0.5, 0.6) is 5.75 Å². The van der Waals surface area contributed by atoms with E-state index in [-0.39, 0.29) is 23.6 Å². The summed E-state index contributed by atoms with van der Waals surface area (Å²) in [6, 6.07) is 19.3. The molecule has 0 saturated heterocycles. The van der Waals surface area contributed by atoms with E-state index in [2.05, 4.69) is 5.10 Å². The number of alkyl halides is 3. The van der Waals surface area contributed by atoms with Gasteiger partial charge in [0.25, 0.3) is 5.91 Å². The highest BCUT2D eigenvalue weighted by Gasteiger charge is 2.46. The number of para-hydroxylation sites is 2. The van der Waals surface area contributed by atoms with E-state index in [1.165, 1.54) is 12.1 Å². The fourth-order valence-corrected chi connectivity index (χ4v) is 3.64. The first-order valence-corrected chi connectivity index (χ1v) is 10.4. The second-order valence-electron chi connectivity index (χ2n) is 7.02. The third-order valence-electron chi connectivity index (χ3n) is 4.76. The molecule has 0 bridgehead atoms.